The zero-order chi connectivity index (χ0) is 8.32. The van der Waals surface area contributed by atoms with E-state index in [0.717, 1.165) is 19.4 Å². The first-order valence-electron chi connectivity index (χ1n) is 3.99. The molecule has 0 aliphatic carbocycles. The van der Waals surface area contributed by atoms with Crippen LogP contribution in [-0.2, 0) is 0 Å². The minimum absolute atomic E-state index is 0. The number of halogens is 3. The fourth-order valence-corrected chi connectivity index (χ4v) is 1.50. The van der Waals surface area contributed by atoms with E-state index in [-0.39, 0.29) is 57.3 Å². The monoisotopic (exact) mass is 205 g/mol. The molecule has 0 spiro atoms. The number of hydrogen-bond donors (Lipinski definition) is 1. The van der Waals surface area contributed by atoms with Gasteiger partial charge < -0.3 is 18.3 Å². The maximum absolute atomic E-state index is 11.9. The van der Waals surface area contributed by atoms with Crippen molar-refractivity contribution in [2.24, 2.45) is 5.92 Å². The molecule has 1 nitrogen and oxygen atoms in total. The standard InChI is InChI=1S/C6H12BF3N.K/c8-7(9,10)4-6-2-1-3-11-5-6;/h6,11H,1-5H2;/q-1;+1. The maximum atomic E-state index is 11.9. The van der Waals surface area contributed by atoms with Crippen molar-refractivity contribution in [3.8, 4) is 0 Å². The van der Waals surface area contributed by atoms with Crippen LogP contribution in [0.3, 0.4) is 0 Å². The molecular formula is C6H12BF3KN. The van der Waals surface area contributed by atoms with E-state index in [2.05, 4.69) is 5.32 Å². The summed E-state index contributed by atoms with van der Waals surface area (Å²) in [6.45, 7) is -3.15. The van der Waals surface area contributed by atoms with Gasteiger partial charge in [-0.3, -0.25) is 0 Å². The van der Waals surface area contributed by atoms with Crippen LogP contribution in [0.4, 0.5) is 12.9 Å². The van der Waals surface area contributed by atoms with Gasteiger partial charge in [-0.25, -0.2) is 0 Å². The molecule has 66 valence electrons. The van der Waals surface area contributed by atoms with E-state index < -0.39 is 13.3 Å². The van der Waals surface area contributed by atoms with Crippen LogP contribution < -0.4 is 56.7 Å². The van der Waals surface area contributed by atoms with Crippen molar-refractivity contribution in [1.82, 2.24) is 5.32 Å². The molecule has 0 amide bonds. The Morgan fingerprint density at radius 1 is 1.33 bits per heavy atom. The van der Waals surface area contributed by atoms with Crippen LogP contribution in [0.25, 0.3) is 0 Å². The van der Waals surface area contributed by atoms with Crippen LogP contribution in [-0.4, -0.2) is 20.1 Å². The Morgan fingerprint density at radius 2 is 2.00 bits per heavy atom. The molecule has 1 fully saturated rings. The topological polar surface area (TPSA) is 12.0 Å². The average Bonchev–Trinajstić information content (AvgIpc) is 1.85. The molecule has 1 atom stereocenters. The smallest absolute Gasteiger partial charge is 0.449 e. The molecule has 0 aromatic heterocycles. The van der Waals surface area contributed by atoms with Crippen LogP contribution >= 0.6 is 0 Å². The Hall–Kier alpha value is 1.45. The number of hydrogen-bond acceptors (Lipinski definition) is 1. The van der Waals surface area contributed by atoms with Crippen LogP contribution in [0.5, 0.6) is 0 Å². The third-order valence-corrected chi connectivity index (χ3v) is 2.00. The number of rotatable bonds is 2. The molecule has 1 aliphatic heterocycles. The first-order valence-corrected chi connectivity index (χ1v) is 3.99. The summed E-state index contributed by atoms with van der Waals surface area (Å²) < 4.78 is 35.6. The summed E-state index contributed by atoms with van der Waals surface area (Å²) in [5.74, 6) is -0.163. The molecule has 0 bridgehead atoms. The summed E-state index contributed by atoms with van der Waals surface area (Å²) in [4.78, 5) is 0. The molecule has 1 N–H and O–H groups in total. The van der Waals surface area contributed by atoms with Crippen LogP contribution in [0.2, 0.25) is 6.32 Å². The van der Waals surface area contributed by atoms with Crippen molar-refractivity contribution in [3.05, 3.63) is 0 Å². The number of nitrogens with one attached hydrogen (secondary N) is 1. The Bertz CT molecular complexity index is 124. The third kappa shape index (κ3) is 5.99. The van der Waals surface area contributed by atoms with E-state index in [0.29, 0.717) is 6.54 Å². The zero-order valence-electron chi connectivity index (χ0n) is 7.32. The molecule has 1 unspecified atom stereocenters. The van der Waals surface area contributed by atoms with E-state index in [9.17, 15) is 12.9 Å². The van der Waals surface area contributed by atoms with Crippen molar-refractivity contribution in [2.75, 3.05) is 13.1 Å². The predicted molar refractivity (Wildman–Crippen MR) is 39.5 cm³/mol. The summed E-state index contributed by atoms with van der Waals surface area (Å²) in [6, 6.07) is 0. The van der Waals surface area contributed by atoms with Gasteiger partial charge in [-0.2, -0.15) is 0 Å². The molecule has 0 aromatic carbocycles. The van der Waals surface area contributed by atoms with Crippen molar-refractivity contribution in [1.29, 1.82) is 0 Å². The van der Waals surface area contributed by atoms with E-state index in [1.54, 1.807) is 0 Å². The molecule has 1 rings (SSSR count). The van der Waals surface area contributed by atoms with E-state index in [4.69, 9.17) is 0 Å². The van der Waals surface area contributed by atoms with Crippen LogP contribution in [0.15, 0.2) is 0 Å². The van der Waals surface area contributed by atoms with Crippen LogP contribution in [0, 0.1) is 5.92 Å². The van der Waals surface area contributed by atoms with Crippen molar-refractivity contribution >= 4 is 6.98 Å². The predicted octanol–water partition coefficient (Wildman–Crippen LogP) is -1.16. The van der Waals surface area contributed by atoms with E-state index >= 15 is 0 Å². The fraction of sp³-hybridized carbons (Fsp3) is 1.00. The van der Waals surface area contributed by atoms with Gasteiger partial charge in [-0.1, -0.05) is 18.7 Å². The van der Waals surface area contributed by atoms with Gasteiger partial charge in [0.15, 0.2) is 0 Å². The summed E-state index contributed by atoms with van der Waals surface area (Å²) in [7, 11) is 0. The first-order chi connectivity index (χ1) is 5.08. The molecule has 1 aliphatic rings. The van der Waals surface area contributed by atoms with E-state index in [1.165, 1.54) is 0 Å². The normalized spacial score (nSPS) is 24.8. The van der Waals surface area contributed by atoms with Gasteiger partial charge in [-0.15, -0.1) is 0 Å². The summed E-state index contributed by atoms with van der Waals surface area (Å²) >= 11 is 0. The second-order valence-electron chi connectivity index (χ2n) is 3.16. The van der Waals surface area contributed by atoms with Crippen LogP contribution in [0.1, 0.15) is 12.8 Å². The molecule has 1 saturated heterocycles. The summed E-state index contributed by atoms with van der Waals surface area (Å²) in [5, 5.41) is 2.97. The Kier molecular flexibility index (Phi) is 6.76. The molecular weight excluding hydrogens is 193 g/mol. The van der Waals surface area contributed by atoms with Crippen molar-refractivity contribution in [3.63, 3.8) is 0 Å². The molecule has 0 saturated carbocycles. The summed E-state index contributed by atoms with van der Waals surface area (Å²) in [6.07, 6.45) is 1.05. The molecule has 0 radical (unpaired) electrons. The zero-order valence-corrected chi connectivity index (χ0v) is 10.4. The molecule has 6 heteroatoms. The van der Waals surface area contributed by atoms with Gasteiger partial charge in [0.05, 0.1) is 0 Å². The first kappa shape index (κ1) is 13.5. The van der Waals surface area contributed by atoms with Gasteiger partial charge in [0.25, 0.3) is 0 Å². The maximum Gasteiger partial charge on any atom is 1.00 e. The van der Waals surface area contributed by atoms with Gasteiger partial charge in [-0.05, 0) is 19.5 Å². The van der Waals surface area contributed by atoms with Crippen molar-refractivity contribution in [2.45, 2.75) is 19.2 Å². The van der Waals surface area contributed by atoms with Gasteiger partial charge >= 0.3 is 58.4 Å². The Balaban J connectivity index is 0.00000121. The minimum atomic E-state index is -4.57. The average molecular weight is 205 g/mol. The SMILES string of the molecule is F[B-](F)(F)CC1CCCNC1.[K+]. The van der Waals surface area contributed by atoms with Gasteiger partial charge in [0.2, 0.25) is 0 Å². The van der Waals surface area contributed by atoms with Gasteiger partial charge in [0.1, 0.15) is 0 Å². The fourth-order valence-electron chi connectivity index (χ4n) is 1.50. The van der Waals surface area contributed by atoms with Crippen molar-refractivity contribution < 1.29 is 64.3 Å². The molecule has 0 aromatic rings. The third-order valence-electron chi connectivity index (χ3n) is 2.00. The van der Waals surface area contributed by atoms with Gasteiger partial charge in [0, 0.05) is 0 Å². The molecule has 12 heavy (non-hydrogen) atoms. The minimum Gasteiger partial charge on any atom is -0.449 e. The second kappa shape index (κ2) is 6.03. The Morgan fingerprint density at radius 3 is 2.42 bits per heavy atom. The van der Waals surface area contributed by atoms with E-state index in [1.807, 2.05) is 0 Å². The quantitative estimate of drug-likeness (QED) is 0.560. The number of piperidine rings is 1. The second-order valence-corrected chi connectivity index (χ2v) is 3.16. The molecule has 1 heterocycles. The summed E-state index contributed by atoms with van der Waals surface area (Å²) in [5.41, 5.74) is 0. The largest absolute Gasteiger partial charge is 1.00 e. The Labute approximate surface area is 113 Å².